The number of likely N-dealkylation sites (tertiary alicyclic amines) is 1. The number of piperidine rings is 1. The fraction of sp³-hybridized carbons (Fsp3) is 0.538. The van der Waals surface area contributed by atoms with Gasteiger partial charge in [-0.3, -0.25) is 4.90 Å². The molecule has 1 aliphatic heterocycles. The summed E-state index contributed by atoms with van der Waals surface area (Å²) in [6.07, 6.45) is 2.63. The van der Waals surface area contributed by atoms with Gasteiger partial charge in [0.15, 0.2) is 0 Å². The highest BCUT2D eigenvalue weighted by Gasteiger charge is 2.24. The Balaban J connectivity index is 2.17. The predicted octanol–water partition coefficient (Wildman–Crippen LogP) is 3.85. The van der Waals surface area contributed by atoms with Crippen molar-refractivity contribution in [3.8, 4) is 0 Å². The fourth-order valence-electron chi connectivity index (χ4n) is 2.51. The molecule has 1 nitrogen and oxygen atoms in total. The first-order valence-electron chi connectivity index (χ1n) is 5.62. The quantitative estimate of drug-likeness (QED) is 0.747. The second-order valence-electron chi connectivity index (χ2n) is 4.69. The number of nitrogens with zero attached hydrogens (tertiary/aromatic N) is 1. The summed E-state index contributed by atoms with van der Waals surface area (Å²) in [4.78, 5) is 2.48. The number of rotatable bonds is 1. The lowest BCUT2D eigenvalue weighted by Gasteiger charge is -2.36. The van der Waals surface area contributed by atoms with Gasteiger partial charge in [-0.05, 0) is 43.5 Å². The molecule has 2 rings (SSSR count). The Bertz CT molecular complexity index is 337. The summed E-state index contributed by atoms with van der Waals surface area (Å²) in [5.41, 5.74) is 1.44. The van der Waals surface area contributed by atoms with Gasteiger partial charge in [0.25, 0.3) is 0 Å². The molecule has 1 aliphatic rings. The van der Waals surface area contributed by atoms with Gasteiger partial charge in [-0.25, -0.2) is 0 Å². The maximum Gasteiger partial charge on any atom is 0.0345 e. The van der Waals surface area contributed by atoms with Crippen LogP contribution in [0.5, 0.6) is 0 Å². The topological polar surface area (TPSA) is 3.24 Å². The van der Waals surface area contributed by atoms with Crippen molar-refractivity contribution in [3.05, 3.63) is 34.3 Å². The molecular formula is C13H18BrN. The predicted molar refractivity (Wildman–Crippen MR) is 67.9 cm³/mol. The minimum Gasteiger partial charge on any atom is -0.299 e. The molecule has 0 saturated carbocycles. The van der Waals surface area contributed by atoms with Crippen LogP contribution in [0.4, 0.5) is 0 Å². The van der Waals surface area contributed by atoms with Crippen molar-refractivity contribution in [2.45, 2.75) is 25.8 Å². The molecule has 82 valence electrons. The summed E-state index contributed by atoms with van der Waals surface area (Å²) in [7, 11) is 2.24. The van der Waals surface area contributed by atoms with Gasteiger partial charge in [0.1, 0.15) is 0 Å². The van der Waals surface area contributed by atoms with E-state index in [9.17, 15) is 0 Å². The van der Waals surface area contributed by atoms with E-state index in [4.69, 9.17) is 0 Å². The van der Waals surface area contributed by atoms with E-state index in [-0.39, 0.29) is 0 Å². The minimum atomic E-state index is 0.610. The van der Waals surface area contributed by atoms with Crippen molar-refractivity contribution in [2.75, 3.05) is 13.6 Å². The molecule has 0 N–H and O–H groups in total. The Hall–Kier alpha value is -0.340. The third-order valence-electron chi connectivity index (χ3n) is 3.30. The summed E-state index contributed by atoms with van der Waals surface area (Å²) < 4.78 is 1.19. The minimum absolute atomic E-state index is 0.610. The molecule has 0 amide bonds. The molecule has 0 aliphatic carbocycles. The van der Waals surface area contributed by atoms with E-state index in [1.165, 1.54) is 29.4 Å². The molecule has 0 aromatic heterocycles. The van der Waals surface area contributed by atoms with E-state index in [1.807, 2.05) is 0 Å². The number of benzene rings is 1. The van der Waals surface area contributed by atoms with Crippen molar-refractivity contribution in [3.63, 3.8) is 0 Å². The number of hydrogen-bond acceptors (Lipinski definition) is 1. The standard InChI is InChI=1S/C13H18BrN/c1-10-6-7-13(15(2)9-10)11-4-3-5-12(14)8-11/h3-5,8,10,13H,6-7,9H2,1-2H3/t10-,13+/m0/s1. The SMILES string of the molecule is C[C@H]1CC[C@H](c2cccc(Br)c2)N(C)C1. The zero-order valence-corrected chi connectivity index (χ0v) is 11.0. The lowest BCUT2D eigenvalue weighted by molar-refractivity contribution is 0.146. The van der Waals surface area contributed by atoms with Crippen molar-refractivity contribution in [1.82, 2.24) is 4.90 Å². The maximum atomic E-state index is 3.54. The van der Waals surface area contributed by atoms with Crippen molar-refractivity contribution in [1.29, 1.82) is 0 Å². The van der Waals surface area contributed by atoms with Crippen LogP contribution in [0.3, 0.4) is 0 Å². The second-order valence-corrected chi connectivity index (χ2v) is 5.61. The van der Waals surface area contributed by atoms with Crippen molar-refractivity contribution >= 4 is 15.9 Å². The Morgan fingerprint density at radius 2 is 2.13 bits per heavy atom. The van der Waals surface area contributed by atoms with Gasteiger partial charge in [-0.1, -0.05) is 35.0 Å². The zero-order valence-electron chi connectivity index (χ0n) is 9.41. The molecule has 0 radical (unpaired) electrons. The van der Waals surface area contributed by atoms with Crippen LogP contribution in [0, 0.1) is 5.92 Å². The van der Waals surface area contributed by atoms with E-state index in [2.05, 4.69) is 59.1 Å². The van der Waals surface area contributed by atoms with Gasteiger partial charge < -0.3 is 0 Å². The molecule has 2 atom stereocenters. The average molecular weight is 268 g/mol. The first-order valence-corrected chi connectivity index (χ1v) is 6.42. The largest absolute Gasteiger partial charge is 0.299 e. The summed E-state index contributed by atoms with van der Waals surface area (Å²) >= 11 is 3.54. The molecule has 1 fully saturated rings. The molecule has 0 unspecified atom stereocenters. The van der Waals surface area contributed by atoms with Crippen molar-refractivity contribution in [2.24, 2.45) is 5.92 Å². The highest BCUT2D eigenvalue weighted by Crippen LogP contribution is 2.32. The third-order valence-corrected chi connectivity index (χ3v) is 3.79. The normalized spacial score (nSPS) is 27.9. The molecule has 1 aromatic rings. The average Bonchev–Trinajstić information content (AvgIpc) is 2.17. The van der Waals surface area contributed by atoms with Crippen LogP contribution >= 0.6 is 15.9 Å². The van der Waals surface area contributed by atoms with Crippen LogP contribution in [0.15, 0.2) is 28.7 Å². The van der Waals surface area contributed by atoms with Crippen LogP contribution in [0.25, 0.3) is 0 Å². The molecule has 0 bridgehead atoms. The van der Waals surface area contributed by atoms with Crippen LogP contribution in [-0.4, -0.2) is 18.5 Å². The van der Waals surface area contributed by atoms with Gasteiger partial charge in [-0.2, -0.15) is 0 Å². The lowest BCUT2D eigenvalue weighted by atomic mass is 9.90. The summed E-state index contributed by atoms with van der Waals surface area (Å²) in [5, 5.41) is 0. The van der Waals surface area contributed by atoms with Crippen LogP contribution in [0.1, 0.15) is 31.4 Å². The molecule has 1 aromatic carbocycles. The molecule has 15 heavy (non-hydrogen) atoms. The van der Waals surface area contributed by atoms with Crippen LogP contribution in [-0.2, 0) is 0 Å². The molecular weight excluding hydrogens is 250 g/mol. The van der Waals surface area contributed by atoms with Gasteiger partial charge in [0.2, 0.25) is 0 Å². The molecule has 1 saturated heterocycles. The summed E-state index contributed by atoms with van der Waals surface area (Å²) in [6.45, 7) is 3.56. The molecule has 0 spiro atoms. The van der Waals surface area contributed by atoms with Crippen LogP contribution in [0.2, 0.25) is 0 Å². The molecule has 2 heteroatoms. The van der Waals surface area contributed by atoms with E-state index in [0.717, 1.165) is 5.92 Å². The number of halogens is 1. The smallest absolute Gasteiger partial charge is 0.0345 e. The summed E-state index contributed by atoms with van der Waals surface area (Å²) in [5.74, 6) is 0.846. The van der Waals surface area contributed by atoms with E-state index in [1.54, 1.807) is 0 Å². The van der Waals surface area contributed by atoms with Crippen molar-refractivity contribution < 1.29 is 0 Å². The Morgan fingerprint density at radius 1 is 1.33 bits per heavy atom. The van der Waals surface area contributed by atoms with Gasteiger partial charge in [0.05, 0.1) is 0 Å². The Labute approximate surface area is 101 Å². The van der Waals surface area contributed by atoms with Gasteiger partial charge in [0, 0.05) is 17.1 Å². The Kier molecular flexibility index (Phi) is 3.47. The first-order chi connectivity index (χ1) is 7.16. The lowest BCUT2D eigenvalue weighted by Crippen LogP contribution is -2.34. The van der Waals surface area contributed by atoms with E-state index < -0.39 is 0 Å². The first kappa shape index (κ1) is 11.2. The van der Waals surface area contributed by atoms with Crippen LogP contribution < -0.4 is 0 Å². The second kappa shape index (κ2) is 4.67. The van der Waals surface area contributed by atoms with E-state index >= 15 is 0 Å². The van der Waals surface area contributed by atoms with Gasteiger partial charge >= 0.3 is 0 Å². The van der Waals surface area contributed by atoms with E-state index in [0.29, 0.717) is 6.04 Å². The highest BCUT2D eigenvalue weighted by atomic mass is 79.9. The molecule has 1 heterocycles. The fourth-order valence-corrected chi connectivity index (χ4v) is 2.92. The highest BCUT2D eigenvalue weighted by molar-refractivity contribution is 9.10. The summed E-state index contributed by atoms with van der Waals surface area (Å²) in [6, 6.07) is 9.32. The zero-order chi connectivity index (χ0) is 10.8. The van der Waals surface area contributed by atoms with Gasteiger partial charge in [-0.15, -0.1) is 0 Å². The number of hydrogen-bond donors (Lipinski definition) is 0. The monoisotopic (exact) mass is 267 g/mol. The maximum absolute atomic E-state index is 3.54. The Morgan fingerprint density at radius 3 is 2.80 bits per heavy atom. The third kappa shape index (κ3) is 2.61.